The Morgan fingerprint density at radius 1 is 0.857 bits per heavy atom. The van der Waals surface area contributed by atoms with E-state index in [4.69, 9.17) is 16.3 Å². The zero-order chi connectivity index (χ0) is 25.0. The molecule has 0 bridgehead atoms. The average molecular weight is 511 g/mol. The molecule has 0 aliphatic heterocycles. The van der Waals surface area contributed by atoms with Gasteiger partial charge in [-0.1, -0.05) is 53.7 Å². The Labute approximate surface area is 214 Å². The smallest absolute Gasteiger partial charge is 0.306 e. The van der Waals surface area contributed by atoms with Gasteiger partial charge in [-0.3, -0.25) is 14.4 Å². The van der Waals surface area contributed by atoms with Crippen molar-refractivity contribution in [2.75, 3.05) is 11.9 Å². The van der Waals surface area contributed by atoms with Crippen LogP contribution in [0.15, 0.2) is 88.7 Å². The number of hydrogen-bond donors (Lipinski definition) is 2. The number of carbonyl (C=O) groups excluding carboxylic acids is 3. The Balaban J connectivity index is 1.31. The summed E-state index contributed by atoms with van der Waals surface area (Å²) in [6.07, 6.45) is 0.566. The lowest BCUT2D eigenvalue weighted by molar-refractivity contribution is -0.148. The Morgan fingerprint density at radius 3 is 2.14 bits per heavy atom. The number of anilines is 1. The van der Waals surface area contributed by atoms with Gasteiger partial charge in [0.15, 0.2) is 6.61 Å². The van der Waals surface area contributed by atoms with Crippen molar-refractivity contribution in [1.82, 2.24) is 5.32 Å². The number of ether oxygens (including phenoxy) is 1. The number of carbonyl (C=O) groups is 3. The third-order valence-corrected chi connectivity index (χ3v) is 6.28. The van der Waals surface area contributed by atoms with E-state index in [0.29, 0.717) is 17.1 Å². The quantitative estimate of drug-likeness (QED) is 0.308. The minimum atomic E-state index is -0.510. The molecule has 35 heavy (non-hydrogen) atoms. The first-order valence-corrected chi connectivity index (χ1v) is 12.4. The zero-order valence-corrected chi connectivity index (χ0v) is 20.9. The molecule has 182 valence electrons. The number of rotatable bonds is 11. The maximum absolute atomic E-state index is 12.2. The number of amides is 2. The summed E-state index contributed by atoms with van der Waals surface area (Å²) in [6.45, 7) is 1.52. The predicted octanol–water partition coefficient (Wildman–Crippen LogP) is 6.02. The van der Waals surface area contributed by atoms with Crippen LogP contribution in [-0.4, -0.2) is 24.4 Å². The predicted molar refractivity (Wildman–Crippen MR) is 138 cm³/mol. The lowest BCUT2D eigenvalue weighted by atomic mass is 10.1. The zero-order valence-electron chi connectivity index (χ0n) is 19.3. The fraction of sp³-hybridized carbons (Fsp3) is 0.222. The van der Waals surface area contributed by atoms with E-state index in [2.05, 4.69) is 10.6 Å². The number of halogens is 1. The van der Waals surface area contributed by atoms with Crippen molar-refractivity contribution in [2.24, 2.45) is 0 Å². The van der Waals surface area contributed by atoms with E-state index in [9.17, 15) is 14.4 Å². The SMILES string of the molecule is C[C@H](NC(=O)COC(=O)CCCC(=O)Nc1ccc(Sc2ccc(Cl)cc2)cc1)c1ccccc1. The Morgan fingerprint density at radius 2 is 1.49 bits per heavy atom. The monoisotopic (exact) mass is 510 g/mol. The molecule has 0 aliphatic rings. The summed E-state index contributed by atoms with van der Waals surface area (Å²) in [4.78, 5) is 38.2. The Hall–Kier alpha value is -3.29. The summed E-state index contributed by atoms with van der Waals surface area (Å²) in [6, 6.07) is 24.4. The fourth-order valence-electron chi connectivity index (χ4n) is 3.19. The highest BCUT2D eigenvalue weighted by Crippen LogP contribution is 2.29. The van der Waals surface area contributed by atoms with E-state index in [1.54, 1.807) is 11.8 Å². The molecular weight excluding hydrogens is 484 g/mol. The summed E-state index contributed by atoms with van der Waals surface area (Å²) < 4.78 is 5.02. The summed E-state index contributed by atoms with van der Waals surface area (Å²) in [5.41, 5.74) is 1.65. The van der Waals surface area contributed by atoms with Crippen LogP contribution < -0.4 is 10.6 Å². The molecule has 8 heteroatoms. The Bertz CT molecular complexity index is 1120. The molecule has 0 heterocycles. The van der Waals surface area contributed by atoms with Crippen LogP contribution in [0.3, 0.4) is 0 Å². The lowest BCUT2D eigenvalue weighted by Gasteiger charge is -2.14. The molecule has 0 aliphatic carbocycles. The molecule has 0 fully saturated rings. The minimum absolute atomic E-state index is 0.0611. The van der Waals surface area contributed by atoms with E-state index in [-0.39, 0.29) is 37.3 Å². The van der Waals surface area contributed by atoms with Crippen LogP contribution in [0, 0.1) is 0 Å². The van der Waals surface area contributed by atoms with Gasteiger partial charge in [0.05, 0.1) is 6.04 Å². The van der Waals surface area contributed by atoms with E-state index in [1.807, 2.05) is 85.8 Å². The normalized spacial score (nSPS) is 11.4. The highest BCUT2D eigenvalue weighted by molar-refractivity contribution is 7.99. The molecule has 6 nitrogen and oxygen atoms in total. The molecule has 0 spiro atoms. The molecule has 0 aromatic heterocycles. The van der Waals surface area contributed by atoms with E-state index in [1.165, 1.54) is 0 Å². The molecule has 3 rings (SSSR count). The molecule has 0 saturated heterocycles. The maximum Gasteiger partial charge on any atom is 0.306 e. The van der Waals surface area contributed by atoms with Crippen LogP contribution in [-0.2, 0) is 19.1 Å². The minimum Gasteiger partial charge on any atom is -0.456 e. The number of nitrogens with one attached hydrogen (secondary N) is 2. The average Bonchev–Trinajstić information content (AvgIpc) is 2.86. The highest BCUT2D eigenvalue weighted by Gasteiger charge is 2.12. The van der Waals surface area contributed by atoms with Crippen LogP contribution in [0.1, 0.15) is 37.8 Å². The Kier molecular flexibility index (Phi) is 10.2. The molecule has 0 radical (unpaired) electrons. The van der Waals surface area contributed by atoms with Gasteiger partial charge in [-0.2, -0.15) is 0 Å². The van der Waals surface area contributed by atoms with Gasteiger partial charge >= 0.3 is 5.97 Å². The van der Waals surface area contributed by atoms with Crippen molar-refractivity contribution in [3.8, 4) is 0 Å². The van der Waals surface area contributed by atoms with E-state index in [0.717, 1.165) is 15.4 Å². The first kappa shape index (κ1) is 26.3. The van der Waals surface area contributed by atoms with E-state index >= 15 is 0 Å². The van der Waals surface area contributed by atoms with Crippen molar-refractivity contribution in [1.29, 1.82) is 0 Å². The molecular formula is C27H27ClN2O4S. The van der Waals surface area contributed by atoms with Crippen LogP contribution in [0.25, 0.3) is 0 Å². The summed E-state index contributed by atoms with van der Waals surface area (Å²) in [5.74, 6) is -1.07. The molecule has 0 saturated carbocycles. The molecule has 2 N–H and O–H groups in total. The second-order valence-corrected chi connectivity index (χ2v) is 9.43. The van der Waals surface area contributed by atoms with Crippen LogP contribution in [0.5, 0.6) is 0 Å². The van der Waals surface area contributed by atoms with Crippen LogP contribution >= 0.6 is 23.4 Å². The summed E-state index contributed by atoms with van der Waals surface area (Å²) >= 11 is 7.51. The van der Waals surface area contributed by atoms with E-state index < -0.39 is 5.97 Å². The van der Waals surface area contributed by atoms with Gasteiger partial charge < -0.3 is 15.4 Å². The summed E-state index contributed by atoms with van der Waals surface area (Å²) in [7, 11) is 0. The fourth-order valence-corrected chi connectivity index (χ4v) is 4.13. The molecule has 3 aromatic carbocycles. The van der Waals surface area contributed by atoms with Gasteiger partial charge in [0.2, 0.25) is 5.91 Å². The first-order chi connectivity index (χ1) is 16.9. The van der Waals surface area contributed by atoms with Gasteiger partial charge in [-0.05, 0) is 67.4 Å². The third-order valence-electron chi connectivity index (χ3n) is 5.01. The van der Waals surface area contributed by atoms with Crippen LogP contribution in [0.4, 0.5) is 5.69 Å². The van der Waals surface area contributed by atoms with Crippen molar-refractivity contribution in [2.45, 2.75) is 42.0 Å². The van der Waals surface area contributed by atoms with Gasteiger partial charge in [-0.15, -0.1) is 0 Å². The van der Waals surface area contributed by atoms with Gasteiger partial charge in [0, 0.05) is 33.3 Å². The number of esters is 1. The topological polar surface area (TPSA) is 84.5 Å². The third kappa shape index (κ3) is 9.47. The molecule has 3 aromatic rings. The van der Waals surface area contributed by atoms with Crippen molar-refractivity contribution in [3.05, 3.63) is 89.4 Å². The first-order valence-electron chi connectivity index (χ1n) is 11.2. The van der Waals surface area contributed by atoms with Gasteiger partial charge in [0.1, 0.15) is 0 Å². The van der Waals surface area contributed by atoms with Crippen molar-refractivity contribution in [3.63, 3.8) is 0 Å². The second kappa shape index (κ2) is 13.6. The van der Waals surface area contributed by atoms with Crippen molar-refractivity contribution >= 4 is 46.8 Å². The number of benzene rings is 3. The maximum atomic E-state index is 12.2. The largest absolute Gasteiger partial charge is 0.456 e. The lowest BCUT2D eigenvalue weighted by Crippen LogP contribution is -2.31. The molecule has 1 atom stereocenters. The molecule has 2 amide bonds. The van der Waals surface area contributed by atoms with Gasteiger partial charge in [-0.25, -0.2) is 0 Å². The highest BCUT2D eigenvalue weighted by atomic mass is 35.5. The standard InChI is InChI=1S/C27H27ClN2O4S/c1-19(20-6-3-2-4-7-20)29-26(32)18-34-27(33)9-5-8-25(31)30-22-12-16-24(17-13-22)35-23-14-10-21(28)11-15-23/h2-4,6-7,10-17,19H,5,8-9,18H2,1H3,(H,29,32)(H,30,31)/t19-/m0/s1. The molecule has 0 unspecified atom stereocenters. The van der Waals surface area contributed by atoms with Crippen LogP contribution in [0.2, 0.25) is 5.02 Å². The second-order valence-electron chi connectivity index (χ2n) is 7.84. The van der Waals surface area contributed by atoms with Gasteiger partial charge in [0.25, 0.3) is 5.91 Å². The summed E-state index contributed by atoms with van der Waals surface area (Å²) in [5, 5.41) is 6.30. The number of hydrogen-bond acceptors (Lipinski definition) is 5. The van der Waals surface area contributed by atoms with Crippen molar-refractivity contribution < 1.29 is 19.1 Å².